The van der Waals surface area contributed by atoms with Crippen LogP contribution >= 0.6 is 0 Å². The number of ether oxygens (including phenoxy) is 3. The van der Waals surface area contributed by atoms with Gasteiger partial charge >= 0.3 is 5.97 Å². The smallest absolute Gasteiger partial charge is 0.305 e. The highest BCUT2D eigenvalue weighted by Crippen LogP contribution is 2.23. The van der Waals surface area contributed by atoms with Crippen LogP contribution in [-0.2, 0) is 23.8 Å². The molecular weight excluding hydrogens is 1010 g/mol. The second-order valence-electron chi connectivity index (χ2n) is 23.5. The van der Waals surface area contributed by atoms with E-state index in [4.69, 9.17) is 14.2 Å². The SMILES string of the molecule is C/C=C/CC/C=C/CC/C=C/C(O)C(COC1OC(CO)C(O)C(O)C1O)NC(=O)CCCCCCCCCCCC/C=C\CCCCCCCCCCCCCCOC(=O)CCCCCCCCC/C=C\CCCCCCCCC. The minimum atomic E-state index is -1.58. The monoisotopic (exact) mass is 1140 g/mol. The first-order chi connectivity index (χ1) is 39.7. The van der Waals surface area contributed by atoms with Crippen LogP contribution in [0.1, 0.15) is 309 Å². The van der Waals surface area contributed by atoms with E-state index in [1.807, 2.05) is 19.1 Å². The van der Waals surface area contributed by atoms with E-state index in [0.717, 1.165) is 70.6 Å². The Balaban J connectivity index is 1.93. The molecule has 0 aromatic carbocycles. The summed E-state index contributed by atoms with van der Waals surface area (Å²) in [7, 11) is 0. The first kappa shape index (κ1) is 76.4. The van der Waals surface area contributed by atoms with E-state index < -0.39 is 49.5 Å². The standard InChI is InChI=1S/C70H127NO10/c1-3-5-7-9-11-13-14-15-16-17-29-32-35-38-42-46-50-54-58-66(75)79-59-55-51-47-43-39-36-33-30-27-25-23-21-19-18-20-22-24-26-28-31-34-37-41-45-49-53-57-65(74)71-62(63(73)56-52-48-44-40-12-10-8-6-4-2)61-80-70-69(78)68(77)67(76)64(60-72)81-70/h4,6,12,16-18,20,40,52,56,62-64,67-70,72-73,76-78H,3,5,7-11,13-15,19,21-39,41-51,53-55,57-61H2,1-2H3,(H,71,74)/b6-4+,17-16-,20-18-,40-12+,56-52+. The lowest BCUT2D eigenvalue weighted by molar-refractivity contribution is -0.302. The minimum absolute atomic E-state index is 0.000410. The van der Waals surface area contributed by atoms with Gasteiger partial charge in [0.15, 0.2) is 6.29 Å². The Morgan fingerprint density at radius 1 is 0.469 bits per heavy atom. The van der Waals surface area contributed by atoms with Crippen molar-refractivity contribution >= 4 is 11.9 Å². The summed E-state index contributed by atoms with van der Waals surface area (Å²) in [5.41, 5.74) is 0. The molecule has 11 heteroatoms. The van der Waals surface area contributed by atoms with Gasteiger partial charge in [-0.3, -0.25) is 9.59 Å². The number of hydrogen-bond acceptors (Lipinski definition) is 10. The normalized spacial score (nSPS) is 18.6. The number of carbonyl (C=O) groups is 2. The van der Waals surface area contributed by atoms with Crippen LogP contribution in [-0.4, -0.2) is 100 Å². The molecular formula is C70H127NO10. The number of rotatable bonds is 59. The van der Waals surface area contributed by atoms with Crippen molar-refractivity contribution in [2.75, 3.05) is 19.8 Å². The molecule has 0 aromatic rings. The number of aliphatic hydroxyl groups is 5. The number of hydrogen-bond donors (Lipinski definition) is 6. The molecule has 6 N–H and O–H groups in total. The van der Waals surface area contributed by atoms with E-state index in [9.17, 15) is 35.1 Å². The van der Waals surface area contributed by atoms with Gasteiger partial charge in [-0.25, -0.2) is 0 Å². The predicted octanol–water partition coefficient (Wildman–Crippen LogP) is 17.0. The molecule has 0 spiro atoms. The topological polar surface area (TPSA) is 175 Å². The molecule has 81 heavy (non-hydrogen) atoms. The van der Waals surface area contributed by atoms with Crippen LogP contribution in [0.4, 0.5) is 0 Å². The van der Waals surface area contributed by atoms with Crippen LogP contribution in [0.25, 0.3) is 0 Å². The van der Waals surface area contributed by atoms with Gasteiger partial charge in [-0.2, -0.15) is 0 Å². The second-order valence-corrected chi connectivity index (χ2v) is 23.5. The molecule has 1 heterocycles. The average Bonchev–Trinajstić information content (AvgIpc) is 3.47. The molecule has 0 saturated carbocycles. The van der Waals surface area contributed by atoms with Gasteiger partial charge < -0.3 is 45.1 Å². The van der Waals surface area contributed by atoms with Crippen LogP contribution in [0.5, 0.6) is 0 Å². The van der Waals surface area contributed by atoms with Gasteiger partial charge in [-0.1, -0.05) is 254 Å². The first-order valence-electron chi connectivity index (χ1n) is 34.0. The van der Waals surface area contributed by atoms with Gasteiger partial charge in [0.05, 0.1) is 32.0 Å². The summed E-state index contributed by atoms with van der Waals surface area (Å²) >= 11 is 0. The zero-order valence-electron chi connectivity index (χ0n) is 52.2. The zero-order chi connectivity index (χ0) is 58.7. The highest BCUT2D eigenvalue weighted by Gasteiger charge is 2.44. The Hall–Kier alpha value is -2.64. The molecule has 11 nitrogen and oxygen atoms in total. The molecule has 1 fully saturated rings. The maximum absolute atomic E-state index is 13.0. The Bertz CT molecular complexity index is 1530. The lowest BCUT2D eigenvalue weighted by Crippen LogP contribution is -2.60. The third kappa shape index (κ3) is 48.3. The van der Waals surface area contributed by atoms with Crippen molar-refractivity contribution < 1.29 is 49.3 Å². The maximum atomic E-state index is 13.0. The summed E-state index contributed by atoms with van der Waals surface area (Å²) in [6, 6.07) is -0.836. The van der Waals surface area contributed by atoms with Crippen molar-refractivity contribution in [2.45, 2.75) is 352 Å². The van der Waals surface area contributed by atoms with Crippen molar-refractivity contribution in [3.8, 4) is 0 Å². The molecule has 0 aromatic heterocycles. The van der Waals surface area contributed by atoms with Gasteiger partial charge in [-0.05, 0) is 103 Å². The van der Waals surface area contributed by atoms with E-state index in [0.29, 0.717) is 19.4 Å². The van der Waals surface area contributed by atoms with Gasteiger partial charge in [0.1, 0.15) is 24.4 Å². The lowest BCUT2D eigenvalue weighted by Gasteiger charge is -2.40. The van der Waals surface area contributed by atoms with Gasteiger partial charge in [-0.15, -0.1) is 0 Å². The number of allylic oxidation sites excluding steroid dienone is 9. The number of unbranched alkanes of at least 4 members (excludes halogenated alkanes) is 38. The molecule has 1 amide bonds. The quantitative estimate of drug-likeness (QED) is 0.0195. The van der Waals surface area contributed by atoms with E-state index in [-0.39, 0.29) is 18.5 Å². The summed E-state index contributed by atoms with van der Waals surface area (Å²) in [4.78, 5) is 25.1. The summed E-state index contributed by atoms with van der Waals surface area (Å²) in [5.74, 6) is -0.201. The lowest BCUT2D eigenvalue weighted by atomic mass is 9.99. The molecule has 1 rings (SSSR count). The van der Waals surface area contributed by atoms with E-state index >= 15 is 0 Å². The number of aliphatic hydroxyl groups excluding tert-OH is 5. The highest BCUT2D eigenvalue weighted by atomic mass is 16.7. The fourth-order valence-corrected chi connectivity index (χ4v) is 10.5. The Morgan fingerprint density at radius 3 is 1.30 bits per heavy atom. The fraction of sp³-hybridized carbons (Fsp3) is 0.829. The minimum Gasteiger partial charge on any atom is -0.466 e. The molecule has 1 aliphatic heterocycles. The van der Waals surface area contributed by atoms with Crippen molar-refractivity contribution in [3.05, 3.63) is 60.8 Å². The molecule has 0 aliphatic carbocycles. The summed E-state index contributed by atoms with van der Waals surface area (Å²) < 4.78 is 16.7. The average molecular weight is 1140 g/mol. The number of amides is 1. The van der Waals surface area contributed by atoms with Gasteiger partial charge in [0.25, 0.3) is 0 Å². The molecule has 472 valence electrons. The molecule has 1 aliphatic rings. The maximum Gasteiger partial charge on any atom is 0.305 e. The van der Waals surface area contributed by atoms with Crippen molar-refractivity contribution in [2.24, 2.45) is 0 Å². The zero-order valence-corrected chi connectivity index (χ0v) is 52.2. The van der Waals surface area contributed by atoms with Crippen LogP contribution in [0.3, 0.4) is 0 Å². The molecule has 0 radical (unpaired) electrons. The number of nitrogens with one attached hydrogen (secondary N) is 1. The van der Waals surface area contributed by atoms with Crippen LogP contribution < -0.4 is 5.32 Å². The third-order valence-corrected chi connectivity index (χ3v) is 15.9. The van der Waals surface area contributed by atoms with Crippen LogP contribution in [0.2, 0.25) is 0 Å². The molecule has 0 bridgehead atoms. The fourth-order valence-electron chi connectivity index (χ4n) is 10.5. The highest BCUT2D eigenvalue weighted by molar-refractivity contribution is 5.76. The largest absolute Gasteiger partial charge is 0.466 e. The van der Waals surface area contributed by atoms with Crippen LogP contribution in [0.15, 0.2) is 60.8 Å². The third-order valence-electron chi connectivity index (χ3n) is 15.9. The van der Waals surface area contributed by atoms with E-state index in [1.54, 1.807) is 6.08 Å². The Kier molecular flexibility index (Phi) is 55.7. The predicted molar refractivity (Wildman–Crippen MR) is 338 cm³/mol. The summed E-state index contributed by atoms with van der Waals surface area (Å²) in [6.07, 6.45) is 68.1. The van der Waals surface area contributed by atoms with Crippen LogP contribution in [0, 0.1) is 0 Å². The summed E-state index contributed by atoms with van der Waals surface area (Å²) in [5, 5.41) is 54.2. The summed E-state index contributed by atoms with van der Waals surface area (Å²) in [6.45, 7) is 4.10. The number of esters is 1. The first-order valence-corrected chi connectivity index (χ1v) is 34.0. The van der Waals surface area contributed by atoms with Crippen molar-refractivity contribution in [1.82, 2.24) is 5.32 Å². The molecule has 7 unspecified atom stereocenters. The van der Waals surface area contributed by atoms with Gasteiger partial charge in [0, 0.05) is 12.8 Å². The van der Waals surface area contributed by atoms with Crippen molar-refractivity contribution in [3.63, 3.8) is 0 Å². The number of carbonyl (C=O) groups excluding carboxylic acids is 2. The molecule has 7 atom stereocenters. The van der Waals surface area contributed by atoms with E-state index in [1.165, 1.54) is 212 Å². The Morgan fingerprint density at radius 2 is 0.852 bits per heavy atom. The molecule has 1 saturated heterocycles. The van der Waals surface area contributed by atoms with E-state index in [2.05, 4.69) is 54.8 Å². The van der Waals surface area contributed by atoms with Crippen molar-refractivity contribution in [1.29, 1.82) is 0 Å². The van der Waals surface area contributed by atoms with Gasteiger partial charge in [0.2, 0.25) is 5.91 Å². The second kappa shape index (κ2) is 59.1. The Labute approximate surface area is 497 Å².